The summed E-state index contributed by atoms with van der Waals surface area (Å²) >= 11 is 0. The maximum Gasteiger partial charge on any atom is 0.305 e. The van der Waals surface area contributed by atoms with E-state index in [2.05, 4.69) is 0 Å². The Morgan fingerprint density at radius 3 is 2.59 bits per heavy atom. The topological polar surface area (TPSA) is 60.7 Å². The first-order valence-electron chi connectivity index (χ1n) is 10.0. The Morgan fingerprint density at radius 1 is 1.00 bits per heavy atom. The predicted molar refractivity (Wildman–Crippen MR) is 117 cm³/mol. The number of methoxy groups -OCH3 is 1. The van der Waals surface area contributed by atoms with Gasteiger partial charge in [0.25, 0.3) is 0 Å². The van der Waals surface area contributed by atoms with E-state index in [9.17, 15) is 13.6 Å². The summed E-state index contributed by atoms with van der Waals surface area (Å²) in [5, 5.41) is 9.91. The van der Waals surface area contributed by atoms with Crippen molar-refractivity contribution < 1.29 is 28.2 Å². The molecule has 0 amide bonds. The third-order valence-electron chi connectivity index (χ3n) is 5.21. The molecule has 0 atom stereocenters. The van der Waals surface area contributed by atoms with Crippen LogP contribution >= 0.6 is 0 Å². The minimum Gasteiger partial charge on any atom is -0.496 e. The number of ether oxygens (including phenoxy) is 2. The Balaban J connectivity index is 1.51. The maximum absolute atomic E-state index is 14.7. The molecule has 0 aliphatic rings. The van der Waals surface area contributed by atoms with E-state index in [1.807, 2.05) is 35.0 Å². The van der Waals surface area contributed by atoms with Crippen molar-refractivity contribution in [1.29, 1.82) is 0 Å². The summed E-state index contributed by atoms with van der Waals surface area (Å²) in [6.45, 7) is 0.516. The quantitative estimate of drug-likeness (QED) is 0.387. The number of halogens is 2. The number of benzene rings is 3. The van der Waals surface area contributed by atoms with Crippen molar-refractivity contribution in [3.8, 4) is 22.6 Å². The van der Waals surface area contributed by atoms with Crippen LogP contribution in [0.15, 0.2) is 66.9 Å². The summed E-state index contributed by atoms with van der Waals surface area (Å²) in [5.74, 6) is -1.42. The molecular weight excluding hydrogens is 416 g/mol. The maximum atomic E-state index is 14.7. The number of rotatable bonds is 8. The van der Waals surface area contributed by atoms with Gasteiger partial charge in [-0.25, -0.2) is 8.78 Å². The first kappa shape index (κ1) is 21.4. The molecule has 0 saturated heterocycles. The lowest BCUT2D eigenvalue weighted by Crippen LogP contribution is -2.03. The Kier molecular flexibility index (Phi) is 6.07. The average molecular weight is 437 g/mol. The molecule has 0 bridgehead atoms. The number of carboxylic acid groups (broad SMARTS) is 1. The van der Waals surface area contributed by atoms with Gasteiger partial charge in [-0.3, -0.25) is 4.79 Å². The summed E-state index contributed by atoms with van der Waals surface area (Å²) in [4.78, 5) is 10.9. The highest BCUT2D eigenvalue weighted by Crippen LogP contribution is 2.33. The highest BCUT2D eigenvalue weighted by molar-refractivity contribution is 5.81. The van der Waals surface area contributed by atoms with Crippen molar-refractivity contribution in [2.45, 2.75) is 19.6 Å². The van der Waals surface area contributed by atoms with E-state index in [1.54, 1.807) is 6.07 Å². The van der Waals surface area contributed by atoms with E-state index in [1.165, 1.54) is 37.4 Å². The number of nitrogens with zero attached hydrogens (tertiary/aromatic N) is 1. The summed E-state index contributed by atoms with van der Waals surface area (Å²) < 4.78 is 40.9. The van der Waals surface area contributed by atoms with Crippen molar-refractivity contribution in [3.05, 3.63) is 84.1 Å². The van der Waals surface area contributed by atoms with Gasteiger partial charge in [0, 0.05) is 29.9 Å². The van der Waals surface area contributed by atoms with Crippen molar-refractivity contribution >= 4 is 16.9 Å². The monoisotopic (exact) mass is 437 g/mol. The van der Waals surface area contributed by atoms with Gasteiger partial charge in [-0.15, -0.1) is 0 Å². The van der Waals surface area contributed by atoms with Crippen LogP contribution in [0.5, 0.6) is 11.5 Å². The number of hydrogen-bond acceptors (Lipinski definition) is 3. The van der Waals surface area contributed by atoms with E-state index in [0.717, 1.165) is 16.5 Å². The lowest BCUT2D eigenvalue weighted by Gasteiger charge is -2.12. The molecule has 1 N–H and O–H groups in total. The minimum absolute atomic E-state index is 0.0287. The van der Waals surface area contributed by atoms with Crippen LogP contribution in [-0.4, -0.2) is 22.8 Å². The number of aliphatic carboxylic acids is 1. The van der Waals surface area contributed by atoms with Gasteiger partial charge in [-0.05, 0) is 52.9 Å². The lowest BCUT2D eigenvalue weighted by atomic mass is 10.0. The SMILES string of the molecule is COc1cc(F)ccc1-c1ccc(OCc2ccc3ccn(CCC(=O)O)c3c2)c(F)c1. The minimum atomic E-state index is -0.858. The van der Waals surface area contributed by atoms with Crippen LogP contribution in [0.4, 0.5) is 8.78 Å². The lowest BCUT2D eigenvalue weighted by molar-refractivity contribution is -0.137. The van der Waals surface area contributed by atoms with Crippen LogP contribution in [0.1, 0.15) is 12.0 Å². The molecule has 0 saturated carbocycles. The molecule has 7 heteroatoms. The summed E-state index contributed by atoms with van der Waals surface area (Å²) in [7, 11) is 1.43. The molecule has 4 aromatic rings. The third kappa shape index (κ3) is 4.56. The van der Waals surface area contributed by atoms with Crippen LogP contribution in [0.25, 0.3) is 22.0 Å². The molecule has 0 spiro atoms. The number of aromatic nitrogens is 1. The predicted octanol–water partition coefficient (Wildman–Crippen LogP) is 5.65. The van der Waals surface area contributed by atoms with Crippen LogP contribution in [0.3, 0.4) is 0 Å². The van der Waals surface area contributed by atoms with Crippen LogP contribution in [-0.2, 0) is 17.9 Å². The molecule has 0 aliphatic heterocycles. The largest absolute Gasteiger partial charge is 0.496 e. The number of hydrogen-bond donors (Lipinski definition) is 1. The zero-order valence-electron chi connectivity index (χ0n) is 17.3. The highest BCUT2D eigenvalue weighted by atomic mass is 19.1. The summed E-state index contributed by atoms with van der Waals surface area (Å²) in [6.07, 6.45) is 1.88. The molecule has 164 valence electrons. The molecule has 3 aromatic carbocycles. The fourth-order valence-corrected chi connectivity index (χ4v) is 3.58. The van der Waals surface area contributed by atoms with Crippen molar-refractivity contribution in [2.24, 2.45) is 0 Å². The van der Waals surface area contributed by atoms with Gasteiger partial charge in [-0.2, -0.15) is 0 Å². The molecule has 0 aliphatic carbocycles. The Labute approximate surface area is 183 Å². The fourth-order valence-electron chi connectivity index (χ4n) is 3.58. The molecule has 5 nitrogen and oxygen atoms in total. The van der Waals surface area contributed by atoms with Gasteiger partial charge in [0.1, 0.15) is 18.2 Å². The average Bonchev–Trinajstić information content (AvgIpc) is 3.19. The first-order valence-corrected chi connectivity index (χ1v) is 10.0. The molecular formula is C25H21F2NO4. The molecule has 1 aromatic heterocycles. The highest BCUT2D eigenvalue weighted by Gasteiger charge is 2.12. The van der Waals surface area contributed by atoms with Gasteiger partial charge in [-0.1, -0.05) is 18.2 Å². The van der Waals surface area contributed by atoms with Crippen LogP contribution in [0.2, 0.25) is 0 Å². The fraction of sp³-hybridized carbons (Fsp3) is 0.160. The Morgan fingerprint density at radius 2 is 1.84 bits per heavy atom. The molecule has 0 radical (unpaired) electrons. The normalized spacial score (nSPS) is 11.0. The van der Waals surface area contributed by atoms with Gasteiger partial charge >= 0.3 is 5.97 Å². The number of aryl methyl sites for hydroxylation is 1. The second-order valence-corrected chi connectivity index (χ2v) is 7.32. The number of carbonyl (C=O) groups is 1. The smallest absolute Gasteiger partial charge is 0.305 e. The van der Waals surface area contributed by atoms with E-state index in [0.29, 0.717) is 23.4 Å². The van der Waals surface area contributed by atoms with Crippen LogP contribution < -0.4 is 9.47 Å². The molecule has 0 unspecified atom stereocenters. The molecule has 0 fully saturated rings. The molecule has 1 heterocycles. The molecule has 4 rings (SSSR count). The van der Waals surface area contributed by atoms with E-state index >= 15 is 0 Å². The zero-order valence-corrected chi connectivity index (χ0v) is 17.3. The third-order valence-corrected chi connectivity index (χ3v) is 5.21. The number of carboxylic acids is 1. The Hall–Kier alpha value is -3.87. The zero-order chi connectivity index (χ0) is 22.7. The van der Waals surface area contributed by atoms with Crippen molar-refractivity contribution in [1.82, 2.24) is 4.57 Å². The number of fused-ring (bicyclic) bond motifs is 1. The summed E-state index contributed by atoms with van der Waals surface area (Å²) in [6, 6.07) is 16.3. The standard InChI is InChI=1S/C25H21F2NO4/c1-31-24-14-19(26)5-6-20(24)18-4-7-23(21(27)13-18)32-15-16-2-3-17-8-10-28(22(17)12-16)11-9-25(29)30/h2-8,10,12-14H,9,11,15H2,1H3,(H,29,30). The molecule has 32 heavy (non-hydrogen) atoms. The second-order valence-electron chi connectivity index (χ2n) is 7.32. The van der Waals surface area contributed by atoms with Gasteiger partial charge in [0.15, 0.2) is 11.6 Å². The first-order chi connectivity index (χ1) is 15.4. The van der Waals surface area contributed by atoms with Crippen molar-refractivity contribution in [2.75, 3.05) is 7.11 Å². The van der Waals surface area contributed by atoms with E-state index in [4.69, 9.17) is 14.6 Å². The van der Waals surface area contributed by atoms with Crippen molar-refractivity contribution in [3.63, 3.8) is 0 Å². The van der Waals surface area contributed by atoms with E-state index < -0.39 is 17.6 Å². The van der Waals surface area contributed by atoms with Gasteiger partial charge < -0.3 is 19.1 Å². The second kappa shape index (κ2) is 9.09. The summed E-state index contributed by atoms with van der Waals surface area (Å²) in [5.41, 5.74) is 2.85. The van der Waals surface area contributed by atoms with E-state index in [-0.39, 0.29) is 18.8 Å². The van der Waals surface area contributed by atoms with Gasteiger partial charge in [0.05, 0.1) is 13.5 Å². The van der Waals surface area contributed by atoms with Crippen LogP contribution in [0, 0.1) is 11.6 Å². The van der Waals surface area contributed by atoms with Gasteiger partial charge in [0.2, 0.25) is 0 Å². The Bertz CT molecular complexity index is 1280.